The third kappa shape index (κ3) is 6.74. The first kappa shape index (κ1) is 22.1. The summed E-state index contributed by atoms with van der Waals surface area (Å²) in [5, 5.41) is 8.28. The third-order valence-electron chi connectivity index (χ3n) is 5.57. The maximum atomic E-state index is 9.70. The van der Waals surface area contributed by atoms with Gasteiger partial charge in [0.05, 0.1) is 5.52 Å². The minimum absolute atomic E-state index is 0.512. The van der Waals surface area contributed by atoms with E-state index in [4.69, 9.17) is 11.6 Å². The monoisotopic (exact) mass is 423 g/mol. The first-order chi connectivity index (χ1) is 14.7. The Morgan fingerprint density at radius 3 is 2.23 bits per heavy atom. The molecule has 2 N–H and O–H groups in total. The predicted octanol–water partition coefficient (Wildman–Crippen LogP) is 6.13. The van der Waals surface area contributed by atoms with Gasteiger partial charge in [-0.25, -0.2) is 0 Å². The molecule has 30 heavy (non-hydrogen) atoms. The first-order valence-corrected chi connectivity index (χ1v) is 11.1. The molecule has 2 saturated carbocycles. The number of carbonyl (C=O) groups is 1. The normalized spacial score (nSPS) is 15.4. The molecule has 4 nitrogen and oxygen atoms in total. The second-order valence-electron chi connectivity index (χ2n) is 7.84. The molecule has 5 heteroatoms. The molecule has 0 saturated heterocycles. The summed E-state index contributed by atoms with van der Waals surface area (Å²) in [6.07, 6.45) is 10.2. The lowest BCUT2D eigenvalue weighted by molar-refractivity contribution is -0.110. The van der Waals surface area contributed by atoms with Crippen LogP contribution in [0.15, 0.2) is 60.8 Å². The van der Waals surface area contributed by atoms with Crippen LogP contribution in [-0.4, -0.2) is 23.5 Å². The summed E-state index contributed by atoms with van der Waals surface area (Å²) in [5.41, 5.74) is 3.40. The highest BCUT2D eigenvalue weighted by atomic mass is 35.5. The number of aryl methyl sites for hydroxylation is 1. The molecule has 0 aliphatic heterocycles. The van der Waals surface area contributed by atoms with Crippen LogP contribution in [0.5, 0.6) is 0 Å². The van der Waals surface area contributed by atoms with Crippen LogP contribution in [0.1, 0.15) is 44.1 Å². The van der Waals surface area contributed by atoms with Gasteiger partial charge < -0.3 is 10.6 Å². The van der Waals surface area contributed by atoms with Gasteiger partial charge in [0.2, 0.25) is 6.41 Å². The molecule has 5 rings (SSSR count). The van der Waals surface area contributed by atoms with Gasteiger partial charge in [-0.15, -0.1) is 0 Å². The van der Waals surface area contributed by atoms with Gasteiger partial charge in [0.1, 0.15) is 0 Å². The average molecular weight is 424 g/mol. The largest absolute Gasteiger partial charge is 0.382 e. The predicted molar refractivity (Wildman–Crippen MR) is 126 cm³/mol. The zero-order valence-corrected chi connectivity index (χ0v) is 18.2. The summed E-state index contributed by atoms with van der Waals surface area (Å²) >= 11 is 5.71. The molecule has 2 aromatic carbocycles. The molecule has 1 amide bonds. The zero-order valence-electron chi connectivity index (χ0n) is 17.5. The smallest absolute Gasteiger partial charge is 0.207 e. The first-order valence-electron chi connectivity index (χ1n) is 10.7. The Morgan fingerprint density at radius 1 is 0.967 bits per heavy atom. The SMILES string of the molecule is Cc1ccccc1Cl.O=CNC1CCC1.c1cnc2cc(NC3CCC3)ccc2c1. The molecular weight excluding hydrogens is 394 g/mol. The standard InChI is InChI=1S/C13H14N2.C7H7Cl.C5H9NO/c1-4-11(5-1)15-12-7-6-10-3-2-8-14-13(10)9-12;1-6-4-2-3-5-7(6)8;7-4-6-5-2-1-3-5/h2-3,6-9,11,15H,1,4-5H2;2-5H,1H3;4-5H,1-3H2,(H,6,7). The van der Waals surface area contributed by atoms with E-state index in [0.717, 1.165) is 22.5 Å². The summed E-state index contributed by atoms with van der Waals surface area (Å²) in [7, 11) is 0. The summed E-state index contributed by atoms with van der Waals surface area (Å²) < 4.78 is 0. The van der Waals surface area contributed by atoms with E-state index in [9.17, 15) is 4.79 Å². The van der Waals surface area contributed by atoms with E-state index in [0.29, 0.717) is 12.1 Å². The maximum Gasteiger partial charge on any atom is 0.207 e. The van der Waals surface area contributed by atoms with Gasteiger partial charge in [0.15, 0.2) is 0 Å². The van der Waals surface area contributed by atoms with Crippen molar-refractivity contribution in [2.24, 2.45) is 0 Å². The molecule has 2 aliphatic rings. The van der Waals surface area contributed by atoms with E-state index in [-0.39, 0.29) is 0 Å². The number of nitrogens with one attached hydrogen (secondary N) is 2. The molecule has 0 bridgehead atoms. The fourth-order valence-electron chi connectivity index (χ4n) is 3.17. The number of benzene rings is 2. The second-order valence-corrected chi connectivity index (χ2v) is 8.25. The van der Waals surface area contributed by atoms with E-state index in [1.807, 2.05) is 43.5 Å². The van der Waals surface area contributed by atoms with Crippen LogP contribution in [0.3, 0.4) is 0 Å². The Hall–Kier alpha value is -2.59. The highest BCUT2D eigenvalue weighted by Gasteiger charge is 2.16. The number of hydrogen-bond acceptors (Lipinski definition) is 3. The number of amides is 1. The number of rotatable bonds is 4. The van der Waals surface area contributed by atoms with Crippen molar-refractivity contribution in [1.82, 2.24) is 10.3 Å². The van der Waals surface area contributed by atoms with Crippen molar-refractivity contribution < 1.29 is 4.79 Å². The minimum Gasteiger partial charge on any atom is -0.382 e. The third-order valence-corrected chi connectivity index (χ3v) is 5.99. The van der Waals surface area contributed by atoms with Crippen LogP contribution in [0.4, 0.5) is 5.69 Å². The summed E-state index contributed by atoms with van der Waals surface area (Å²) in [6.45, 7) is 1.99. The van der Waals surface area contributed by atoms with E-state index >= 15 is 0 Å². The molecule has 0 spiro atoms. The van der Waals surface area contributed by atoms with E-state index in [2.05, 4.69) is 39.9 Å². The van der Waals surface area contributed by atoms with Crippen molar-refractivity contribution in [2.75, 3.05) is 5.32 Å². The second kappa shape index (κ2) is 11.6. The summed E-state index contributed by atoms with van der Waals surface area (Å²) in [6, 6.07) is 19.4. The molecule has 0 radical (unpaired) electrons. The van der Waals surface area contributed by atoms with Gasteiger partial charge >= 0.3 is 0 Å². The van der Waals surface area contributed by atoms with Crippen molar-refractivity contribution in [2.45, 2.75) is 57.5 Å². The molecule has 2 fully saturated rings. The van der Waals surface area contributed by atoms with E-state index in [1.165, 1.54) is 49.6 Å². The van der Waals surface area contributed by atoms with Crippen molar-refractivity contribution >= 4 is 34.6 Å². The van der Waals surface area contributed by atoms with Crippen molar-refractivity contribution in [3.05, 3.63) is 71.4 Å². The fraction of sp³-hybridized carbons (Fsp3) is 0.360. The highest BCUT2D eigenvalue weighted by molar-refractivity contribution is 6.31. The molecule has 3 aromatic rings. The van der Waals surface area contributed by atoms with Gasteiger partial charge in [-0.1, -0.05) is 41.9 Å². The van der Waals surface area contributed by atoms with Crippen molar-refractivity contribution in [3.8, 4) is 0 Å². The molecule has 0 atom stereocenters. The van der Waals surface area contributed by atoms with Crippen LogP contribution >= 0.6 is 11.6 Å². The van der Waals surface area contributed by atoms with Gasteiger partial charge in [0.25, 0.3) is 0 Å². The van der Waals surface area contributed by atoms with Gasteiger partial charge in [-0.3, -0.25) is 9.78 Å². The Balaban J connectivity index is 0.000000144. The molecule has 1 aromatic heterocycles. The number of aromatic nitrogens is 1. The summed E-state index contributed by atoms with van der Waals surface area (Å²) in [5.74, 6) is 0. The molecule has 0 unspecified atom stereocenters. The highest BCUT2D eigenvalue weighted by Crippen LogP contribution is 2.24. The Bertz CT molecular complexity index is 917. The van der Waals surface area contributed by atoms with E-state index in [1.54, 1.807) is 0 Å². The number of halogens is 1. The Morgan fingerprint density at radius 2 is 1.70 bits per heavy atom. The quantitative estimate of drug-likeness (QED) is 0.496. The van der Waals surface area contributed by atoms with Crippen molar-refractivity contribution in [3.63, 3.8) is 0 Å². The number of fused-ring (bicyclic) bond motifs is 1. The maximum absolute atomic E-state index is 9.70. The molecular formula is C25H30ClN3O. The Labute approximate surface area is 184 Å². The van der Waals surface area contributed by atoms with Crippen LogP contribution < -0.4 is 10.6 Å². The minimum atomic E-state index is 0.512. The van der Waals surface area contributed by atoms with Gasteiger partial charge in [0, 0.05) is 34.4 Å². The summed E-state index contributed by atoms with van der Waals surface area (Å²) in [4.78, 5) is 14.0. The number of anilines is 1. The van der Waals surface area contributed by atoms with Crippen LogP contribution in [-0.2, 0) is 4.79 Å². The number of hydrogen-bond donors (Lipinski definition) is 2. The van der Waals surface area contributed by atoms with Crippen LogP contribution in [0, 0.1) is 6.92 Å². The number of pyridine rings is 1. The van der Waals surface area contributed by atoms with E-state index < -0.39 is 0 Å². The molecule has 1 heterocycles. The van der Waals surface area contributed by atoms with Crippen LogP contribution in [0.2, 0.25) is 5.02 Å². The van der Waals surface area contributed by atoms with Gasteiger partial charge in [-0.2, -0.15) is 0 Å². The number of carbonyl (C=O) groups excluding carboxylic acids is 1. The molecule has 158 valence electrons. The topological polar surface area (TPSA) is 54.0 Å². The van der Waals surface area contributed by atoms with Gasteiger partial charge in [-0.05, 0) is 75.3 Å². The average Bonchev–Trinajstić information content (AvgIpc) is 2.71. The zero-order chi connectivity index (χ0) is 21.2. The van der Waals surface area contributed by atoms with Crippen molar-refractivity contribution in [1.29, 1.82) is 0 Å². The fourth-order valence-corrected chi connectivity index (χ4v) is 3.30. The Kier molecular flexibility index (Phi) is 8.52. The molecule has 2 aliphatic carbocycles. The van der Waals surface area contributed by atoms with Crippen LogP contribution in [0.25, 0.3) is 10.9 Å². The lowest BCUT2D eigenvalue weighted by Crippen LogP contribution is -2.33. The lowest BCUT2D eigenvalue weighted by atomic mass is 9.93. The lowest BCUT2D eigenvalue weighted by Gasteiger charge is -2.27. The number of nitrogens with zero attached hydrogens (tertiary/aromatic N) is 1.